The van der Waals surface area contributed by atoms with Crippen molar-refractivity contribution in [3.8, 4) is 11.5 Å². The smallest absolute Gasteiger partial charge is 0.324 e. The van der Waals surface area contributed by atoms with E-state index in [-0.39, 0.29) is 35.9 Å². The molecule has 1 heterocycles. The molecule has 2 bridgehead atoms. The average Bonchev–Trinajstić information content (AvgIpc) is 3.27. The lowest BCUT2D eigenvalue weighted by Crippen LogP contribution is -2.56. The number of hydrogen-bond acceptors (Lipinski definition) is 7. The number of fused-ring (bicyclic) bond motifs is 6. The molecule has 3 aliphatic carbocycles. The van der Waals surface area contributed by atoms with Crippen molar-refractivity contribution >= 4 is 17.7 Å². The highest BCUT2D eigenvalue weighted by Gasteiger charge is 2.77. The van der Waals surface area contributed by atoms with E-state index in [0.717, 1.165) is 30.4 Å². The van der Waals surface area contributed by atoms with Gasteiger partial charge in [0.1, 0.15) is 11.4 Å². The van der Waals surface area contributed by atoms with E-state index in [1.54, 1.807) is 21.1 Å². The van der Waals surface area contributed by atoms with Crippen LogP contribution in [0.15, 0.2) is 12.1 Å². The number of benzene rings is 1. The van der Waals surface area contributed by atoms with Gasteiger partial charge in [-0.05, 0) is 61.8 Å². The third kappa shape index (κ3) is 2.37. The molecular formula is C24H28O7. The molecule has 1 aromatic rings. The van der Waals surface area contributed by atoms with Gasteiger partial charge in [-0.15, -0.1) is 0 Å². The van der Waals surface area contributed by atoms with Gasteiger partial charge in [-0.2, -0.15) is 0 Å². The predicted octanol–water partition coefficient (Wildman–Crippen LogP) is 2.82. The predicted molar refractivity (Wildman–Crippen MR) is 109 cm³/mol. The molecule has 6 atom stereocenters. The van der Waals surface area contributed by atoms with Crippen LogP contribution in [0.3, 0.4) is 0 Å². The van der Waals surface area contributed by atoms with Crippen molar-refractivity contribution in [2.45, 2.75) is 50.5 Å². The summed E-state index contributed by atoms with van der Waals surface area (Å²) in [6.45, 7) is 1.56. The molecule has 3 fully saturated rings. The first-order chi connectivity index (χ1) is 14.8. The van der Waals surface area contributed by atoms with Crippen LogP contribution in [0.2, 0.25) is 0 Å². The summed E-state index contributed by atoms with van der Waals surface area (Å²) in [5, 5.41) is 0. The maximum absolute atomic E-state index is 13.5. The number of hydrogen-bond donors (Lipinski definition) is 0. The van der Waals surface area contributed by atoms with E-state index in [1.165, 1.54) is 7.11 Å². The zero-order valence-electron chi connectivity index (χ0n) is 18.4. The van der Waals surface area contributed by atoms with E-state index in [2.05, 4.69) is 0 Å². The molecule has 0 radical (unpaired) electrons. The third-order valence-electron chi connectivity index (χ3n) is 8.43. The van der Waals surface area contributed by atoms with E-state index in [0.29, 0.717) is 17.9 Å². The van der Waals surface area contributed by atoms with Crippen LogP contribution in [-0.4, -0.2) is 44.7 Å². The van der Waals surface area contributed by atoms with Crippen molar-refractivity contribution in [2.75, 3.05) is 21.3 Å². The normalized spacial score (nSPS) is 37.2. The standard InChI is InChI=1S/C24H28O7/c1-12(25)16-7-8-17-14-6-5-13-9-18(28-2)19(29-3)10-15(13)20(14)23(21(26)30-4)11-24(16,17)31-22(23)27/h9-10,14,16-17,20H,5-8,11H2,1-4H3/t14-,16-,17-,20-,23+,24-/m0/s1. The molecule has 0 aromatic heterocycles. The summed E-state index contributed by atoms with van der Waals surface area (Å²) in [5.41, 5.74) is -0.358. The quantitative estimate of drug-likeness (QED) is 0.538. The number of rotatable bonds is 4. The van der Waals surface area contributed by atoms with Gasteiger partial charge in [0.25, 0.3) is 0 Å². The minimum atomic E-state index is -1.44. The minimum Gasteiger partial charge on any atom is -0.493 e. The summed E-state index contributed by atoms with van der Waals surface area (Å²) in [4.78, 5) is 39.3. The van der Waals surface area contributed by atoms with Crippen LogP contribution in [0.4, 0.5) is 0 Å². The first-order valence-corrected chi connectivity index (χ1v) is 10.9. The molecule has 1 aliphatic heterocycles. The largest absolute Gasteiger partial charge is 0.493 e. The van der Waals surface area contributed by atoms with Gasteiger partial charge in [0.15, 0.2) is 16.9 Å². The molecule has 7 nitrogen and oxygen atoms in total. The maximum atomic E-state index is 13.5. The van der Waals surface area contributed by atoms with Gasteiger partial charge in [-0.25, -0.2) is 0 Å². The Morgan fingerprint density at radius 1 is 1.06 bits per heavy atom. The highest BCUT2D eigenvalue weighted by Crippen LogP contribution is 2.70. The van der Waals surface area contributed by atoms with Crippen molar-refractivity contribution in [3.05, 3.63) is 23.3 Å². The van der Waals surface area contributed by atoms with Gasteiger partial charge in [-0.3, -0.25) is 14.4 Å². The molecule has 166 valence electrons. The molecule has 0 amide bonds. The van der Waals surface area contributed by atoms with Gasteiger partial charge >= 0.3 is 11.9 Å². The minimum absolute atomic E-state index is 0.0250. The fourth-order valence-corrected chi connectivity index (χ4v) is 7.35. The number of aryl methyl sites for hydroxylation is 1. The topological polar surface area (TPSA) is 88.1 Å². The molecule has 4 aliphatic rings. The van der Waals surface area contributed by atoms with Crippen molar-refractivity contribution in [3.63, 3.8) is 0 Å². The Bertz CT molecular complexity index is 984. The van der Waals surface area contributed by atoms with Gasteiger partial charge in [-0.1, -0.05) is 0 Å². The van der Waals surface area contributed by atoms with E-state index in [4.69, 9.17) is 18.9 Å². The van der Waals surface area contributed by atoms with Gasteiger partial charge in [0.05, 0.1) is 27.2 Å². The van der Waals surface area contributed by atoms with Crippen molar-refractivity contribution in [1.29, 1.82) is 0 Å². The third-order valence-corrected chi connectivity index (χ3v) is 8.43. The van der Waals surface area contributed by atoms with Crippen LogP contribution in [0.1, 0.15) is 49.7 Å². The van der Waals surface area contributed by atoms with Crippen molar-refractivity contribution < 1.29 is 33.3 Å². The second kappa shape index (κ2) is 6.71. The zero-order chi connectivity index (χ0) is 22.1. The molecule has 5 rings (SSSR count). The summed E-state index contributed by atoms with van der Waals surface area (Å²) >= 11 is 0. The van der Waals surface area contributed by atoms with Gasteiger partial charge < -0.3 is 18.9 Å². The van der Waals surface area contributed by atoms with Crippen LogP contribution in [0.25, 0.3) is 0 Å². The van der Waals surface area contributed by atoms with Gasteiger partial charge in [0, 0.05) is 18.3 Å². The SMILES string of the molecule is COC(=O)[C@]12C[C@]3(OC1=O)[C@H](C(C)=O)CC[C@H]3[C@@H]1CCc3cc(OC)c(OC)cc3[C@H]12. The first-order valence-electron chi connectivity index (χ1n) is 10.9. The Kier molecular flexibility index (Phi) is 4.40. The van der Waals surface area contributed by atoms with Crippen LogP contribution in [-0.2, 0) is 30.3 Å². The van der Waals surface area contributed by atoms with Crippen LogP contribution < -0.4 is 9.47 Å². The first kappa shape index (κ1) is 20.3. The monoisotopic (exact) mass is 428 g/mol. The van der Waals surface area contributed by atoms with Crippen LogP contribution in [0, 0.1) is 23.2 Å². The molecule has 1 aromatic carbocycles. The van der Waals surface area contributed by atoms with Gasteiger partial charge in [0.2, 0.25) is 0 Å². The number of esters is 2. The van der Waals surface area contributed by atoms with E-state index in [1.807, 2.05) is 12.1 Å². The highest BCUT2D eigenvalue weighted by atomic mass is 16.6. The molecule has 0 unspecified atom stereocenters. The number of carbonyl (C=O) groups is 3. The Morgan fingerprint density at radius 3 is 2.42 bits per heavy atom. The Morgan fingerprint density at radius 2 is 1.77 bits per heavy atom. The van der Waals surface area contributed by atoms with E-state index in [9.17, 15) is 14.4 Å². The number of methoxy groups -OCH3 is 3. The fraction of sp³-hybridized carbons (Fsp3) is 0.625. The van der Waals surface area contributed by atoms with E-state index < -0.39 is 23.0 Å². The average molecular weight is 428 g/mol. The maximum Gasteiger partial charge on any atom is 0.324 e. The Hall–Kier alpha value is -2.57. The summed E-state index contributed by atoms with van der Waals surface area (Å²) in [7, 11) is 4.48. The summed E-state index contributed by atoms with van der Waals surface area (Å²) in [6, 6.07) is 3.86. The summed E-state index contributed by atoms with van der Waals surface area (Å²) in [6.07, 6.45) is 3.33. The number of ether oxygens (including phenoxy) is 4. The molecule has 1 saturated heterocycles. The lowest BCUT2D eigenvalue weighted by molar-refractivity contribution is -0.165. The summed E-state index contributed by atoms with van der Waals surface area (Å²) < 4.78 is 22.3. The molecule has 7 heteroatoms. The highest BCUT2D eigenvalue weighted by molar-refractivity contribution is 6.04. The number of Topliss-reactive ketones (excluding diaryl/α,β-unsaturated/α-hetero) is 1. The molecule has 1 spiro atoms. The van der Waals surface area contributed by atoms with Crippen LogP contribution >= 0.6 is 0 Å². The second-order valence-electron chi connectivity index (χ2n) is 9.42. The molecule has 0 N–H and O–H groups in total. The Balaban J connectivity index is 1.74. The lowest BCUT2D eigenvalue weighted by atomic mass is 9.50. The molecule has 31 heavy (non-hydrogen) atoms. The van der Waals surface area contributed by atoms with E-state index >= 15 is 0 Å². The fourth-order valence-electron chi connectivity index (χ4n) is 7.35. The molecular weight excluding hydrogens is 400 g/mol. The van der Waals surface area contributed by atoms with Crippen molar-refractivity contribution in [1.82, 2.24) is 0 Å². The van der Waals surface area contributed by atoms with Crippen LogP contribution in [0.5, 0.6) is 11.5 Å². The Labute approximate surface area is 181 Å². The number of ketones is 1. The lowest BCUT2D eigenvalue weighted by Gasteiger charge is -2.50. The van der Waals surface area contributed by atoms with Crippen molar-refractivity contribution in [2.24, 2.45) is 23.2 Å². The number of carbonyl (C=O) groups excluding carboxylic acids is 3. The summed E-state index contributed by atoms with van der Waals surface area (Å²) in [5.74, 6) is -0.528. The zero-order valence-corrected chi connectivity index (χ0v) is 18.4. The second-order valence-corrected chi connectivity index (χ2v) is 9.42. The molecule has 2 saturated carbocycles.